The van der Waals surface area contributed by atoms with Crippen molar-refractivity contribution in [1.82, 2.24) is 0 Å². The summed E-state index contributed by atoms with van der Waals surface area (Å²) in [5.74, 6) is -2.60. The molecule has 1 rings (SSSR count). The van der Waals surface area contributed by atoms with Gasteiger partial charge in [0.15, 0.2) is 0 Å². The molecular formula is C6H5NO4S. The van der Waals surface area contributed by atoms with Crippen LogP contribution in [-0.4, -0.2) is 22.2 Å². The topological polar surface area (TPSA) is 98.5 Å². The molecule has 6 heteroatoms. The van der Waals surface area contributed by atoms with E-state index in [9.17, 15) is 9.59 Å². The Kier molecular flexibility index (Phi) is 2.09. The lowest BCUT2D eigenvalue weighted by molar-refractivity contribution is -0.136. The van der Waals surface area contributed by atoms with Crippen LogP contribution < -0.4 is 0 Å². The first-order chi connectivity index (χ1) is 5.52. The molecule has 0 aromatic heterocycles. The second kappa shape index (κ2) is 2.90. The maximum absolute atomic E-state index is 10.4. The maximum atomic E-state index is 10.4. The largest absolute Gasteiger partial charge is 0.478 e. The van der Waals surface area contributed by atoms with Gasteiger partial charge in [0.2, 0.25) is 0 Å². The monoisotopic (exact) mass is 187 g/mol. The Morgan fingerprint density at radius 2 is 1.50 bits per heavy atom. The van der Waals surface area contributed by atoms with E-state index >= 15 is 0 Å². The zero-order valence-electron chi connectivity index (χ0n) is 5.77. The van der Waals surface area contributed by atoms with Crippen LogP contribution in [0.4, 0.5) is 0 Å². The smallest absolute Gasteiger partial charge is 0.337 e. The number of rotatable bonds is 2. The van der Waals surface area contributed by atoms with Gasteiger partial charge in [-0.3, -0.25) is 4.78 Å². The Morgan fingerprint density at radius 3 is 1.75 bits per heavy atom. The Hall–Kier alpha value is -1.43. The first-order valence-corrected chi connectivity index (χ1v) is 4.21. The standard InChI is InChI=1S/C6H5NO4S/c7-12-1-3(5(8)9)4(2-12)6(10)11/h1-2,7H,(H,8,9)(H,10,11). The second-order valence-electron chi connectivity index (χ2n) is 2.05. The van der Waals surface area contributed by atoms with Crippen LogP contribution in [0.25, 0.3) is 0 Å². The Bertz CT molecular complexity index is 309. The molecule has 1 aliphatic heterocycles. The number of carboxylic acids is 2. The zero-order valence-corrected chi connectivity index (χ0v) is 6.59. The van der Waals surface area contributed by atoms with E-state index in [4.69, 9.17) is 15.0 Å². The second-order valence-corrected chi connectivity index (χ2v) is 3.26. The van der Waals surface area contributed by atoms with E-state index in [2.05, 4.69) is 0 Å². The number of hydrogen-bond donors (Lipinski definition) is 3. The van der Waals surface area contributed by atoms with Crippen molar-refractivity contribution in [3.8, 4) is 0 Å². The molecule has 1 heterocycles. The van der Waals surface area contributed by atoms with Gasteiger partial charge in [0.05, 0.1) is 11.1 Å². The van der Waals surface area contributed by atoms with Crippen LogP contribution in [0.5, 0.6) is 0 Å². The van der Waals surface area contributed by atoms with E-state index in [1.807, 2.05) is 0 Å². The van der Waals surface area contributed by atoms with Crippen LogP contribution in [0.1, 0.15) is 0 Å². The van der Waals surface area contributed by atoms with Crippen LogP contribution >= 0.6 is 0 Å². The van der Waals surface area contributed by atoms with Gasteiger partial charge in [-0.2, -0.15) is 0 Å². The summed E-state index contributed by atoms with van der Waals surface area (Å²) in [7, 11) is -1.11. The van der Waals surface area contributed by atoms with Crippen molar-refractivity contribution in [3.05, 3.63) is 22.0 Å². The molecule has 0 saturated carbocycles. The molecular weight excluding hydrogens is 182 g/mol. The van der Waals surface area contributed by atoms with E-state index in [0.717, 1.165) is 10.8 Å². The summed E-state index contributed by atoms with van der Waals surface area (Å²) < 4.78 is 7.13. The SMILES string of the molecule is N=S1C=C(C(=O)O)C(C(=O)O)=C1. The van der Waals surface area contributed by atoms with Crippen molar-refractivity contribution in [2.75, 3.05) is 0 Å². The first kappa shape index (κ1) is 8.66. The first-order valence-electron chi connectivity index (χ1n) is 2.86. The van der Waals surface area contributed by atoms with Gasteiger partial charge in [-0.1, -0.05) is 10.7 Å². The molecule has 0 fully saturated rings. The Morgan fingerprint density at radius 1 is 1.17 bits per heavy atom. The number of carboxylic acid groups (broad SMARTS) is 2. The van der Waals surface area contributed by atoms with E-state index in [0.29, 0.717) is 0 Å². The van der Waals surface area contributed by atoms with Crippen molar-refractivity contribution in [3.63, 3.8) is 0 Å². The molecule has 3 N–H and O–H groups in total. The predicted molar refractivity (Wildman–Crippen MR) is 41.5 cm³/mol. The van der Waals surface area contributed by atoms with Crippen molar-refractivity contribution in [2.45, 2.75) is 0 Å². The van der Waals surface area contributed by atoms with Crippen LogP contribution in [0.15, 0.2) is 22.0 Å². The summed E-state index contributed by atoms with van der Waals surface area (Å²) in [4.78, 5) is 20.8. The summed E-state index contributed by atoms with van der Waals surface area (Å²) >= 11 is 0. The molecule has 0 bridgehead atoms. The third kappa shape index (κ3) is 1.42. The molecule has 1 aliphatic rings. The third-order valence-corrected chi connectivity index (χ3v) is 2.22. The van der Waals surface area contributed by atoms with E-state index < -0.39 is 22.6 Å². The van der Waals surface area contributed by atoms with E-state index in [1.54, 1.807) is 0 Å². The molecule has 0 unspecified atom stereocenters. The highest BCUT2D eigenvalue weighted by Crippen LogP contribution is 2.20. The van der Waals surface area contributed by atoms with Gasteiger partial charge >= 0.3 is 11.9 Å². The van der Waals surface area contributed by atoms with Crippen molar-refractivity contribution < 1.29 is 19.8 Å². The molecule has 0 saturated heterocycles. The lowest BCUT2D eigenvalue weighted by Gasteiger charge is -1.94. The summed E-state index contributed by atoms with van der Waals surface area (Å²) in [5, 5.41) is 19.2. The average molecular weight is 187 g/mol. The number of carbonyl (C=O) groups is 2. The summed E-state index contributed by atoms with van der Waals surface area (Å²) in [6, 6.07) is 0. The molecule has 0 aliphatic carbocycles. The van der Waals surface area contributed by atoms with Gasteiger partial charge in [0, 0.05) is 10.8 Å². The highest BCUT2D eigenvalue weighted by Gasteiger charge is 2.24. The third-order valence-electron chi connectivity index (χ3n) is 1.24. The summed E-state index contributed by atoms with van der Waals surface area (Å²) in [5.41, 5.74) is -0.582. The summed E-state index contributed by atoms with van der Waals surface area (Å²) in [6.07, 6.45) is 0. The van der Waals surface area contributed by atoms with Gasteiger partial charge in [0.25, 0.3) is 0 Å². The van der Waals surface area contributed by atoms with Crippen LogP contribution in [0.3, 0.4) is 0 Å². The Labute approximate surface area is 69.9 Å². The van der Waals surface area contributed by atoms with E-state index in [-0.39, 0.29) is 11.1 Å². The maximum Gasteiger partial charge on any atom is 0.337 e. The molecule has 0 radical (unpaired) electrons. The van der Waals surface area contributed by atoms with Crippen molar-refractivity contribution in [2.24, 2.45) is 0 Å². The fraction of sp³-hybridized carbons (Fsp3) is 0. The molecule has 0 aromatic carbocycles. The van der Waals surface area contributed by atoms with Crippen molar-refractivity contribution >= 4 is 22.6 Å². The van der Waals surface area contributed by atoms with Gasteiger partial charge < -0.3 is 10.2 Å². The molecule has 12 heavy (non-hydrogen) atoms. The number of hydrogen-bond acceptors (Lipinski definition) is 3. The van der Waals surface area contributed by atoms with Gasteiger partial charge in [-0.05, 0) is 0 Å². The van der Waals surface area contributed by atoms with Crippen LogP contribution in [0.2, 0.25) is 0 Å². The van der Waals surface area contributed by atoms with Gasteiger partial charge in [-0.15, -0.1) is 0 Å². The molecule has 0 spiro atoms. The van der Waals surface area contributed by atoms with E-state index in [1.165, 1.54) is 0 Å². The Balaban J connectivity index is 3.11. The fourth-order valence-electron chi connectivity index (χ4n) is 0.746. The van der Waals surface area contributed by atoms with Gasteiger partial charge in [-0.25, -0.2) is 9.59 Å². The highest BCUT2D eigenvalue weighted by atomic mass is 32.2. The average Bonchev–Trinajstić information content (AvgIpc) is 2.31. The number of aliphatic carboxylic acids is 2. The molecule has 0 aromatic rings. The lowest BCUT2D eigenvalue weighted by atomic mass is 10.1. The molecule has 5 nitrogen and oxygen atoms in total. The minimum atomic E-state index is -1.30. The zero-order chi connectivity index (χ0) is 9.30. The van der Waals surface area contributed by atoms with Gasteiger partial charge in [0.1, 0.15) is 0 Å². The highest BCUT2D eigenvalue weighted by molar-refractivity contribution is 7.92. The number of nitrogens with one attached hydrogen (secondary N) is 1. The van der Waals surface area contributed by atoms with Crippen molar-refractivity contribution in [1.29, 1.82) is 4.78 Å². The van der Waals surface area contributed by atoms with Crippen LogP contribution in [0, 0.1) is 4.78 Å². The lowest BCUT2D eigenvalue weighted by Crippen LogP contribution is -2.08. The normalized spacial score (nSPS) is 17.0. The molecule has 0 amide bonds. The fourth-order valence-corrected chi connectivity index (χ4v) is 1.78. The minimum absolute atomic E-state index is 0.291. The van der Waals surface area contributed by atoms with Crippen LogP contribution in [-0.2, 0) is 20.3 Å². The quantitative estimate of drug-likeness (QED) is 0.579. The molecule has 0 atom stereocenters. The predicted octanol–water partition coefficient (Wildman–Crippen LogP) is 0.318. The molecule has 64 valence electrons. The summed E-state index contributed by atoms with van der Waals surface area (Å²) in [6.45, 7) is 0. The minimum Gasteiger partial charge on any atom is -0.478 e.